The molecule has 5 heteroatoms. The minimum Gasteiger partial charge on any atom is -0.348 e. The molecule has 3 atom stereocenters. The van der Waals surface area contributed by atoms with E-state index in [1.54, 1.807) is 23.1 Å². The van der Waals surface area contributed by atoms with Crippen LogP contribution in [0.1, 0.15) is 28.1 Å². The Kier molecular flexibility index (Phi) is 4.66. The summed E-state index contributed by atoms with van der Waals surface area (Å²) < 4.78 is 1.29. The van der Waals surface area contributed by atoms with E-state index in [1.165, 1.54) is 33.5 Å². The Morgan fingerprint density at radius 2 is 2.04 bits per heavy atom. The molecular weight excluding hydrogens is 336 g/mol. The number of aryl methyl sites for hydroxylation is 1. The lowest BCUT2D eigenvalue weighted by Crippen LogP contribution is -2.47. The lowest BCUT2D eigenvalue weighted by atomic mass is 9.96. The quantitative estimate of drug-likeness (QED) is 0.895. The molecule has 4 rings (SSSR count). The van der Waals surface area contributed by atoms with E-state index in [1.807, 2.05) is 24.3 Å². The number of piperidine rings is 1. The summed E-state index contributed by atoms with van der Waals surface area (Å²) in [6.45, 7) is 5.55. The van der Waals surface area contributed by atoms with Crippen LogP contribution in [0.4, 0.5) is 0 Å². The summed E-state index contributed by atoms with van der Waals surface area (Å²) in [5.41, 5.74) is 0.759. The largest absolute Gasteiger partial charge is 0.348 e. The summed E-state index contributed by atoms with van der Waals surface area (Å²) in [7, 11) is 0. The Balaban J connectivity index is 1.36. The number of thiophene rings is 1. The van der Waals surface area contributed by atoms with Crippen LogP contribution < -0.4 is 5.32 Å². The summed E-state index contributed by atoms with van der Waals surface area (Å²) in [6.07, 6.45) is 2.42. The number of nitrogens with one attached hydrogen (secondary N) is 1. The van der Waals surface area contributed by atoms with Crippen molar-refractivity contribution in [2.24, 2.45) is 5.92 Å². The molecule has 0 aliphatic carbocycles. The zero-order valence-corrected chi connectivity index (χ0v) is 15.5. The Morgan fingerprint density at radius 3 is 2.75 bits per heavy atom. The van der Waals surface area contributed by atoms with Gasteiger partial charge in [-0.15, -0.1) is 11.3 Å². The molecule has 2 bridgehead atoms. The number of nitrogens with zero attached hydrogens (tertiary/aromatic N) is 1. The first kappa shape index (κ1) is 16.2. The number of carbonyl (C=O) groups is 1. The predicted molar refractivity (Wildman–Crippen MR) is 100 cm³/mol. The highest BCUT2D eigenvalue weighted by Crippen LogP contribution is 2.33. The monoisotopic (exact) mass is 358 g/mol. The van der Waals surface area contributed by atoms with Gasteiger partial charge in [0.15, 0.2) is 0 Å². The lowest BCUT2D eigenvalue weighted by Gasteiger charge is -2.30. The van der Waals surface area contributed by atoms with E-state index in [0.29, 0.717) is 6.04 Å². The van der Waals surface area contributed by atoms with Crippen LogP contribution in [0.15, 0.2) is 45.5 Å². The van der Waals surface area contributed by atoms with Crippen LogP contribution >= 0.6 is 23.1 Å². The topological polar surface area (TPSA) is 32.3 Å². The van der Waals surface area contributed by atoms with E-state index in [9.17, 15) is 4.79 Å². The number of benzene rings is 1. The number of amides is 1. The number of hydrogen-bond acceptors (Lipinski definition) is 4. The molecule has 2 aliphatic heterocycles. The van der Waals surface area contributed by atoms with E-state index in [4.69, 9.17) is 0 Å². The maximum atomic E-state index is 12.5. The van der Waals surface area contributed by atoms with Gasteiger partial charge < -0.3 is 10.2 Å². The molecule has 0 saturated carbocycles. The first-order chi connectivity index (χ1) is 11.7. The highest BCUT2D eigenvalue weighted by atomic mass is 32.2. The number of hydrogen-bond donors (Lipinski definition) is 1. The third kappa shape index (κ3) is 3.68. The number of rotatable bonds is 4. The minimum atomic E-state index is 0.0611. The summed E-state index contributed by atoms with van der Waals surface area (Å²) in [4.78, 5) is 17.5. The maximum Gasteiger partial charge on any atom is 0.251 e. The molecule has 2 saturated heterocycles. The molecule has 3 nitrogen and oxygen atoms in total. The molecule has 0 radical (unpaired) electrons. The second-order valence-corrected chi connectivity index (χ2v) is 9.47. The van der Waals surface area contributed by atoms with Gasteiger partial charge in [0.1, 0.15) is 0 Å². The standard InChI is InChI=1S/C19H22N2OS2/c1-13-2-7-18(23-13)24-17-5-3-15(4-6-17)19(22)20-16-10-14-8-9-21(11-14)12-16/h2-7,14,16H,8-12H2,1H3,(H,20,22)/t14-,16+/m0/s1. The molecule has 1 unspecified atom stereocenters. The van der Waals surface area contributed by atoms with Gasteiger partial charge in [0, 0.05) is 34.5 Å². The SMILES string of the molecule is Cc1ccc(Sc2ccc(C(=O)N[C@@H]3C[C@@H]4CCN(C4)C3)cc2)s1. The molecule has 1 aromatic carbocycles. The van der Waals surface area contributed by atoms with Gasteiger partial charge in [-0.3, -0.25) is 4.79 Å². The first-order valence-electron chi connectivity index (χ1n) is 8.53. The molecular formula is C19H22N2OS2. The fourth-order valence-electron chi connectivity index (χ4n) is 3.69. The zero-order chi connectivity index (χ0) is 16.5. The summed E-state index contributed by atoms with van der Waals surface area (Å²) in [6, 6.07) is 12.6. The third-order valence-electron chi connectivity index (χ3n) is 4.85. The van der Waals surface area contributed by atoms with E-state index in [0.717, 1.165) is 24.4 Å². The molecule has 24 heavy (non-hydrogen) atoms. The smallest absolute Gasteiger partial charge is 0.251 e. The van der Waals surface area contributed by atoms with Crippen LogP contribution in [0.2, 0.25) is 0 Å². The average Bonchev–Trinajstić information content (AvgIpc) is 3.13. The van der Waals surface area contributed by atoms with Crippen LogP contribution in [-0.2, 0) is 0 Å². The second kappa shape index (κ2) is 6.90. The molecule has 126 valence electrons. The minimum absolute atomic E-state index is 0.0611. The van der Waals surface area contributed by atoms with E-state index in [-0.39, 0.29) is 5.91 Å². The summed E-state index contributed by atoms with van der Waals surface area (Å²) >= 11 is 3.56. The molecule has 1 amide bonds. The van der Waals surface area contributed by atoms with Crippen molar-refractivity contribution in [2.45, 2.75) is 34.9 Å². The van der Waals surface area contributed by atoms with Gasteiger partial charge >= 0.3 is 0 Å². The average molecular weight is 359 g/mol. The lowest BCUT2D eigenvalue weighted by molar-refractivity contribution is 0.0909. The molecule has 2 aliphatic rings. The normalized spacial score (nSPS) is 25.6. The second-order valence-electron chi connectivity index (χ2n) is 6.81. The van der Waals surface area contributed by atoms with Gasteiger partial charge in [0.2, 0.25) is 0 Å². The predicted octanol–water partition coefficient (Wildman–Crippen LogP) is 4.03. The Morgan fingerprint density at radius 1 is 1.21 bits per heavy atom. The van der Waals surface area contributed by atoms with Gasteiger partial charge in [-0.05, 0) is 68.6 Å². The van der Waals surface area contributed by atoms with Crippen molar-refractivity contribution in [3.63, 3.8) is 0 Å². The van der Waals surface area contributed by atoms with Gasteiger partial charge in [-0.2, -0.15) is 0 Å². The molecule has 0 spiro atoms. The van der Waals surface area contributed by atoms with Gasteiger partial charge in [0.05, 0.1) is 4.21 Å². The zero-order valence-electron chi connectivity index (χ0n) is 13.8. The van der Waals surface area contributed by atoms with Crippen LogP contribution in [0.3, 0.4) is 0 Å². The maximum absolute atomic E-state index is 12.5. The van der Waals surface area contributed by atoms with Gasteiger partial charge in [-0.25, -0.2) is 0 Å². The van der Waals surface area contributed by atoms with Crippen LogP contribution in [0.5, 0.6) is 0 Å². The molecule has 1 aromatic heterocycles. The molecule has 3 heterocycles. The summed E-state index contributed by atoms with van der Waals surface area (Å²) in [5, 5.41) is 3.22. The Hall–Kier alpha value is -1.30. The molecule has 2 aromatic rings. The molecule has 2 fully saturated rings. The van der Waals surface area contributed by atoms with Crippen molar-refractivity contribution < 1.29 is 4.79 Å². The van der Waals surface area contributed by atoms with Crippen molar-refractivity contribution in [1.82, 2.24) is 10.2 Å². The van der Waals surface area contributed by atoms with Crippen molar-refractivity contribution in [3.8, 4) is 0 Å². The highest BCUT2D eigenvalue weighted by molar-refractivity contribution is 8.01. The van der Waals surface area contributed by atoms with Crippen LogP contribution in [0, 0.1) is 12.8 Å². The van der Waals surface area contributed by atoms with E-state index < -0.39 is 0 Å². The third-order valence-corrected chi connectivity index (χ3v) is 6.99. The van der Waals surface area contributed by atoms with Crippen molar-refractivity contribution in [3.05, 3.63) is 46.8 Å². The Bertz CT molecular complexity index is 713. The van der Waals surface area contributed by atoms with Gasteiger partial charge in [0.25, 0.3) is 5.91 Å². The number of fused-ring (bicyclic) bond motifs is 2. The van der Waals surface area contributed by atoms with E-state index in [2.05, 4.69) is 29.3 Å². The fourth-order valence-corrected chi connectivity index (χ4v) is 5.77. The van der Waals surface area contributed by atoms with Crippen molar-refractivity contribution in [2.75, 3.05) is 19.6 Å². The fraction of sp³-hybridized carbons (Fsp3) is 0.421. The highest BCUT2D eigenvalue weighted by Gasteiger charge is 2.32. The van der Waals surface area contributed by atoms with Crippen molar-refractivity contribution >= 4 is 29.0 Å². The number of carbonyl (C=O) groups excluding carboxylic acids is 1. The van der Waals surface area contributed by atoms with E-state index >= 15 is 0 Å². The molecule has 1 N–H and O–H groups in total. The van der Waals surface area contributed by atoms with Crippen molar-refractivity contribution in [1.29, 1.82) is 0 Å². The first-order valence-corrected chi connectivity index (χ1v) is 10.2. The van der Waals surface area contributed by atoms with Gasteiger partial charge in [-0.1, -0.05) is 11.8 Å². The Labute approximate surface area is 151 Å². The van der Waals surface area contributed by atoms with Crippen LogP contribution in [-0.4, -0.2) is 36.5 Å². The summed E-state index contributed by atoms with van der Waals surface area (Å²) in [5.74, 6) is 0.836. The van der Waals surface area contributed by atoms with Crippen LogP contribution in [0.25, 0.3) is 0 Å².